The van der Waals surface area contributed by atoms with E-state index in [4.69, 9.17) is 19.7 Å². The Kier molecular flexibility index (Phi) is 9.00. The molecule has 2 aromatic carbocycles. The van der Waals surface area contributed by atoms with Gasteiger partial charge in [-0.15, -0.1) is 0 Å². The summed E-state index contributed by atoms with van der Waals surface area (Å²) in [6, 6.07) is 14.9. The fourth-order valence-corrected chi connectivity index (χ4v) is 4.12. The van der Waals surface area contributed by atoms with Gasteiger partial charge in [-0.25, -0.2) is 9.59 Å². The third kappa shape index (κ3) is 6.33. The smallest absolute Gasteiger partial charge is 0.407 e. The summed E-state index contributed by atoms with van der Waals surface area (Å²) in [6.45, 7) is 1.89. The molecule has 9 nitrogen and oxygen atoms in total. The van der Waals surface area contributed by atoms with Gasteiger partial charge in [0.15, 0.2) is 0 Å². The number of benzene rings is 2. The lowest BCUT2D eigenvalue weighted by Gasteiger charge is -2.20. The summed E-state index contributed by atoms with van der Waals surface area (Å²) >= 11 is 0. The molecular formula is C25H30N2O7. The third-order valence-electron chi connectivity index (χ3n) is 5.68. The number of hydrogen-bond donors (Lipinski definition) is 4. The van der Waals surface area contributed by atoms with E-state index < -0.39 is 30.1 Å². The number of aliphatic carboxylic acids is 1. The summed E-state index contributed by atoms with van der Waals surface area (Å²) in [5.41, 5.74) is 4.48. The number of alkyl carbamates (subject to hydrolysis) is 1. The van der Waals surface area contributed by atoms with E-state index in [2.05, 4.69) is 22.8 Å². The predicted molar refractivity (Wildman–Crippen MR) is 124 cm³/mol. The molecule has 0 saturated heterocycles. The lowest BCUT2D eigenvalue weighted by Crippen LogP contribution is -2.44. The molecule has 0 spiro atoms. The third-order valence-corrected chi connectivity index (χ3v) is 5.68. The number of amides is 2. The van der Waals surface area contributed by atoms with Crippen molar-refractivity contribution in [3.63, 3.8) is 0 Å². The number of carboxylic acids is 1. The zero-order valence-electron chi connectivity index (χ0n) is 19.0. The molecule has 0 fully saturated rings. The summed E-state index contributed by atoms with van der Waals surface area (Å²) in [6.07, 6.45) is -1.53. The molecule has 9 heteroatoms. The van der Waals surface area contributed by atoms with Gasteiger partial charge in [0, 0.05) is 32.1 Å². The molecule has 0 radical (unpaired) electrons. The molecule has 1 aliphatic carbocycles. The van der Waals surface area contributed by atoms with Gasteiger partial charge in [-0.05, 0) is 29.2 Å². The van der Waals surface area contributed by atoms with Crippen LogP contribution in [0.1, 0.15) is 36.8 Å². The molecule has 0 bridgehead atoms. The van der Waals surface area contributed by atoms with Crippen molar-refractivity contribution in [2.24, 2.45) is 0 Å². The van der Waals surface area contributed by atoms with Crippen molar-refractivity contribution in [2.45, 2.75) is 37.8 Å². The van der Waals surface area contributed by atoms with Gasteiger partial charge >= 0.3 is 12.1 Å². The zero-order valence-corrected chi connectivity index (χ0v) is 19.0. The molecule has 0 saturated carbocycles. The number of nitrogens with one attached hydrogen (secondary N) is 2. The van der Waals surface area contributed by atoms with E-state index in [1.54, 1.807) is 6.92 Å². The number of ether oxygens (including phenoxy) is 2. The van der Waals surface area contributed by atoms with Gasteiger partial charge in [-0.3, -0.25) is 4.79 Å². The molecule has 0 aromatic heterocycles. The van der Waals surface area contributed by atoms with E-state index in [-0.39, 0.29) is 38.5 Å². The van der Waals surface area contributed by atoms with Crippen molar-refractivity contribution in [1.29, 1.82) is 0 Å². The summed E-state index contributed by atoms with van der Waals surface area (Å²) in [5, 5.41) is 23.0. The Morgan fingerprint density at radius 1 is 1.03 bits per heavy atom. The quantitative estimate of drug-likeness (QED) is 0.374. The molecule has 34 heavy (non-hydrogen) atoms. The zero-order chi connectivity index (χ0) is 24.5. The van der Waals surface area contributed by atoms with E-state index in [9.17, 15) is 14.4 Å². The van der Waals surface area contributed by atoms with Gasteiger partial charge in [0.25, 0.3) is 0 Å². The highest BCUT2D eigenvalue weighted by molar-refractivity contribution is 5.84. The molecule has 0 aliphatic heterocycles. The van der Waals surface area contributed by atoms with E-state index >= 15 is 0 Å². The maximum atomic E-state index is 12.4. The molecule has 1 aliphatic rings. The fourth-order valence-electron chi connectivity index (χ4n) is 4.12. The maximum absolute atomic E-state index is 12.4. The first-order valence-electron chi connectivity index (χ1n) is 11.3. The first kappa shape index (κ1) is 25.2. The first-order chi connectivity index (χ1) is 16.4. The highest BCUT2D eigenvalue weighted by Crippen LogP contribution is 2.44. The molecule has 0 heterocycles. The summed E-state index contributed by atoms with van der Waals surface area (Å²) < 4.78 is 11.0. The van der Waals surface area contributed by atoms with Gasteiger partial charge in [0.2, 0.25) is 5.91 Å². The molecule has 2 unspecified atom stereocenters. The Hall–Kier alpha value is -3.43. The minimum Gasteiger partial charge on any atom is -0.480 e. The van der Waals surface area contributed by atoms with Crippen LogP contribution in [0.3, 0.4) is 0 Å². The number of fused-ring (bicyclic) bond motifs is 3. The van der Waals surface area contributed by atoms with E-state index in [0.717, 1.165) is 22.3 Å². The van der Waals surface area contributed by atoms with Crippen molar-refractivity contribution in [3.05, 3.63) is 59.7 Å². The Morgan fingerprint density at radius 3 is 2.21 bits per heavy atom. The van der Waals surface area contributed by atoms with Crippen molar-refractivity contribution in [2.75, 3.05) is 26.4 Å². The molecule has 2 atom stereocenters. The largest absolute Gasteiger partial charge is 0.480 e. The van der Waals surface area contributed by atoms with Crippen LogP contribution in [0.15, 0.2) is 48.5 Å². The highest BCUT2D eigenvalue weighted by atomic mass is 16.5. The Balaban J connectivity index is 1.52. The average molecular weight is 471 g/mol. The van der Waals surface area contributed by atoms with Crippen LogP contribution in [0.5, 0.6) is 0 Å². The molecular weight excluding hydrogens is 440 g/mol. The van der Waals surface area contributed by atoms with Crippen molar-refractivity contribution < 1.29 is 34.1 Å². The second kappa shape index (κ2) is 12.2. The van der Waals surface area contributed by atoms with Crippen LogP contribution in [-0.4, -0.2) is 66.7 Å². The van der Waals surface area contributed by atoms with Crippen LogP contribution in [-0.2, 0) is 19.1 Å². The highest BCUT2D eigenvalue weighted by Gasteiger charge is 2.29. The molecule has 182 valence electrons. The second-order valence-corrected chi connectivity index (χ2v) is 7.96. The van der Waals surface area contributed by atoms with E-state index in [0.29, 0.717) is 6.61 Å². The monoisotopic (exact) mass is 470 g/mol. The number of hydrogen-bond acceptors (Lipinski definition) is 6. The first-order valence-corrected chi connectivity index (χ1v) is 11.3. The second-order valence-electron chi connectivity index (χ2n) is 7.96. The fraction of sp³-hybridized carbons (Fsp3) is 0.400. The minimum absolute atomic E-state index is 0.0235. The van der Waals surface area contributed by atoms with Gasteiger partial charge < -0.3 is 30.3 Å². The molecule has 3 rings (SSSR count). The van der Waals surface area contributed by atoms with Crippen molar-refractivity contribution >= 4 is 18.0 Å². The Morgan fingerprint density at radius 2 is 1.65 bits per heavy atom. The van der Waals surface area contributed by atoms with Crippen LogP contribution in [0.4, 0.5) is 4.79 Å². The molecule has 4 N–H and O–H groups in total. The number of aliphatic hydroxyl groups excluding tert-OH is 1. The van der Waals surface area contributed by atoms with Crippen LogP contribution < -0.4 is 10.6 Å². The van der Waals surface area contributed by atoms with Gasteiger partial charge in [-0.1, -0.05) is 48.5 Å². The van der Waals surface area contributed by atoms with Crippen molar-refractivity contribution in [1.82, 2.24) is 10.6 Å². The average Bonchev–Trinajstić information content (AvgIpc) is 3.14. The number of carbonyl (C=O) groups excluding carboxylic acids is 2. The topological polar surface area (TPSA) is 134 Å². The minimum atomic E-state index is -1.23. The van der Waals surface area contributed by atoms with Crippen LogP contribution >= 0.6 is 0 Å². The number of carbonyl (C=O) groups is 3. The van der Waals surface area contributed by atoms with Crippen LogP contribution in [0.2, 0.25) is 0 Å². The Labute approximate surface area is 198 Å². The van der Waals surface area contributed by atoms with Gasteiger partial charge in [0.05, 0.1) is 12.5 Å². The standard InChI is InChI=1S/C25H30N2O7/c1-2-33-16(13-23(29)27-22(11-12-28)24(30)31)14-26-25(32)34-15-21-19-9-5-3-7-17(19)18-8-4-6-10-20(18)21/h3-10,16,21-22,28H,2,11-15H2,1H3,(H,26,32)(H,27,29)(H,30,31). The van der Waals surface area contributed by atoms with Crippen LogP contribution in [0.25, 0.3) is 11.1 Å². The van der Waals surface area contributed by atoms with Crippen molar-refractivity contribution in [3.8, 4) is 11.1 Å². The van der Waals surface area contributed by atoms with Gasteiger partial charge in [0.1, 0.15) is 12.6 Å². The Bertz CT molecular complexity index is 965. The summed E-state index contributed by atoms with van der Waals surface area (Å²) in [4.78, 5) is 35.7. The number of carboxylic acid groups (broad SMARTS) is 1. The summed E-state index contributed by atoms with van der Waals surface area (Å²) in [7, 11) is 0. The van der Waals surface area contributed by atoms with Crippen LogP contribution in [0, 0.1) is 0 Å². The number of rotatable bonds is 12. The van der Waals surface area contributed by atoms with E-state index in [1.165, 1.54) is 0 Å². The van der Waals surface area contributed by atoms with Gasteiger partial charge in [-0.2, -0.15) is 0 Å². The SMILES string of the molecule is CCOC(CNC(=O)OCC1c2ccccc2-c2ccccc21)CC(=O)NC(CCO)C(=O)O. The lowest BCUT2D eigenvalue weighted by atomic mass is 9.98. The summed E-state index contributed by atoms with van der Waals surface area (Å²) in [5.74, 6) is -1.84. The predicted octanol–water partition coefficient (Wildman–Crippen LogP) is 2.27. The lowest BCUT2D eigenvalue weighted by molar-refractivity contribution is -0.142. The number of aliphatic hydroxyl groups is 1. The normalized spacial score (nSPS) is 13.9. The molecule has 2 amide bonds. The van der Waals surface area contributed by atoms with E-state index in [1.807, 2.05) is 36.4 Å². The molecule has 2 aromatic rings. The maximum Gasteiger partial charge on any atom is 0.407 e.